The summed E-state index contributed by atoms with van der Waals surface area (Å²) in [5, 5.41) is 10.7. The van der Waals surface area contributed by atoms with Crippen LogP contribution < -0.4 is 10.4 Å². The van der Waals surface area contributed by atoms with Crippen molar-refractivity contribution in [2.75, 3.05) is 7.11 Å². The molecule has 0 saturated heterocycles. The van der Waals surface area contributed by atoms with Gasteiger partial charge in [0.25, 0.3) is 0 Å². The van der Waals surface area contributed by atoms with Crippen molar-refractivity contribution >= 4 is 11.5 Å². The molecule has 2 aromatic rings. The molecule has 0 unspecified atom stereocenters. The minimum atomic E-state index is -0.733. The molecule has 0 radical (unpaired) electrons. The van der Waals surface area contributed by atoms with Crippen LogP contribution in [0.4, 0.5) is 5.69 Å². The average Bonchev–Trinajstić information content (AvgIpc) is 2.49. The lowest BCUT2D eigenvalue weighted by atomic mass is 10.1. The molecule has 0 fully saturated rings. The zero-order chi connectivity index (χ0) is 15.4. The second kappa shape index (κ2) is 5.95. The van der Waals surface area contributed by atoms with Gasteiger partial charge in [-0.05, 0) is 12.1 Å². The molecule has 1 aromatic heterocycles. The van der Waals surface area contributed by atoms with Gasteiger partial charge in [0.1, 0.15) is 11.9 Å². The van der Waals surface area contributed by atoms with E-state index in [1.807, 2.05) is 0 Å². The van der Waals surface area contributed by atoms with Crippen LogP contribution in [-0.4, -0.2) is 27.4 Å². The van der Waals surface area contributed by atoms with E-state index in [1.165, 1.54) is 7.11 Å². The second-order valence-electron chi connectivity index (χ2n) is 4.10. The molecule has 2 rings (SSSR count). The Morgan fingerprint density at radius 3 is 2.81 bits per heavy atom. The molecule has 1 aromatic carbocycles. The summed E-state index contributed by atoms with van der Waals surface area (Å²) in [6.07, 6.45) is 1.84. The normalized spacial score (nSPS) is 10.1. The third-order valence-corrected chi connectivity index (χ3v) is 2.77. The van der Waals surface area contributed by atoms with E-state index in [0.29, 0.717) is 11.3 Å². The van der Waals surface area contributed by atoms with Crippen LogP contribution in [-0.2, 0) is 6.54 Å². The molecule has 0 N–H and O–H groups in total. The van der Waals surface area contributed by atoms with Crippen molar-refractivity contribution in [1.82, 2.24) is 9.55 Å². The van der Waals surface area contributed by atoms with E-state index < -0.39 is 16.4 Å². The highest BCUT2D eigenvalue weighted by molar-refractivity contribution is 5.98. The van der Waals surface area contributed by atoms with E-state index in [0.717, 1.165) is 17.0 Å². The summed E-state index contributed by atoms with van der Waals surface area (Å²) in [7, 11) is 1.42. The highest BCUT2D eigenvalue weighted by Crippen LogP contribution is 2.18. The third-order valence-electron chi connectivity index (χ3n) is 2.77. The molecule has 0 aliphatic heterocycles. The number of Topliss-reactive ketones (excluding diaryl/α,β-unsaturated/α-hetero) is 1. The Morgan fingerprint density at radius 1 is 1.43 bits per heavy atom. The van der Waals surface area contributed by atoms with E-state index in [9.17, 15) is 19.7 Å². The number of nitrogens with zero attached hydrogens (tertiary/aromatic N) is 3. The maximum atomic E-state index is 12.2. The lowest BCUT2D eigenvalue weighted by molar-refractivity contribution is -0.385. The zero-order valence-electron chi connectivity index (χ0n) is 11.1. The van der Waals surface area contributed by atoms with Gasteiger partial charge in [0.15, 0.2) is 5.78 Å². The Bertz CT molecular complexity index is 753. The molecular weight excluding hydrogens is 278 g/mol. The van der Waals surface area contributed by atoms with Gasteiger partial charge in [-0.2, -0.15) is 4.98 Å². The summed E-state index contributed by atoms with van der Waals surface area (Å²) >= 11 is 0. The Kier molecular flexibility index (Phi) is 4.07. The monoisotopic (exact) mass is 289 g/mol. The van der Waals surface area contributed by atoms with E-state index >= 15 is 0 Å². The molecule has 0 aliphatic carbocycles. The van der Waals surface area contributed by atoms with Gasteiger partial charge < -0.3 is 4.74 Å². The lowest BCUT2D eigenvalue weighted by Gasteiger charge is -2.08. The van der Waals surface area contributed by atoms with Crippen LogP contribution in [0.2, 0.25) is 0 Å². The molecule has 8 nitrogen and oxygen atoms in total. The summed E-state index contributed by atoms with van der Waals surface area (Å²) in [5.74, 6) is -0.0363. The fourth-order valence-corrected chi connectivity index (χ4v) is 1.77. The van der Waals surface area contributed by atoms with Gasteiger partial charge in [0.2, 0.25) is 0 Å². The number of ether oxygens (including phenoxy) is 1. The third kappa shape index (κ3) is 3.11. The smallest absolute Gasteiger partial charge is 0.348 e. The number of hydrogen-bond donors (Lipinski definition) is 0. The number of nitro groups is 1. The number of aromatic nitrogens is 2. The fourth-order valence-electron chi connectivity index (χ4n) is 1.77. The van der Waals surface area contributed by atoms with Gasteiger partial charge in [-0.3, -0.25) is 19.5 Å². The fraction of sp³-hybridized carbons (Fsp3) is 0.154. The maximum Gasteiger partial charge on any atom is 0.348 e. The molecular formula is C13H11N3O5. The Labute approximate surface area is 118 Å². The number of ketones is 1. The number of rotatable bonds is 5. The summed E-state index contributed by atoms with van der Waals surface area (Å²) in [5.41, 5.74) is -0.801. The summed E-state index contributed by atoms with van der Waals surface area (Å²) in [4.78, 5) is 37.1. The Balaban J connectivity index is 2.33. The van der Waals surface area contributed by atoms with Crippen molar-refractivity contribution in [3.8, 4) is 5.75 Å². The molecule has 0 atom stereocenters. The standard InChI is InChI=1S/C13H11N3O5/c1-21-12-5-3-2-4-10(12)11(17)8-15-7-9(16(19)20)6-14-13(15)18/h2-7H,8H2,1H3. The Hall–Kier alpha value is -3.03. The van der Waals surface area contributed by atoms with Crippen molar-refractivity contribution in [2.24, 2.45) is 0 Å². The predicted molar refractivity (Wildman–Crippen MR) is 72.5 cm³/mol. The first-order valence-corrected chi connectivity index (χ1v) is 5.90. The van der Waals surface area contributed by atoms with Gasteiger partial charge in [-0.1, -0.05) is 12.1 Å². The van der Waals surface area contributed by atoms with Crippen molar-refractivity contribution < 1.29 is 14.5 Å². The lowest BCUT2D eigenvalue weighted by Crippen LogP contribution is -2.26. The quantitative estimate of drug-likeness (QED) is 0.462. The van der Waals surface area contributed by atoms with Crippen molar-refractivity contribution in [1.29, 1.82) is 0 Å². The number of carbonyl (C=O) groups excluding carboxylic acids is 1. The SMILES string of the molecule is COc1ccccc1C(=O)Cn1cc([N+](=O)[O-])cnc1=O. The van der Waals surface area contributed by atoms with Crippen molar-refractivity contribution in [3.63, 3.8) is 0 Å². The van der Waals surface area contributed by atoms with E-state index in [4.69, 9.17) is 4.74 Å². The van der Waals surface area contributed by atoms with Crippen molar-refractivity contribution in [2.45, 2.75) is 6.54 Å². The summed E-state index contributed by atoms with van der Waals surface area (Å²) < 4.78 is 5.96. The van der Waals surface area contributed by atoms with Gasteiger partial charge in [-0.15, -0.1) is 0 Å². The number of para-hydroxylation sites is 1. The molecule has 0 aliphatic rings. The minimum Gasteiger partial charge on any atom is -0.496 e. The van der Waals surface area contributed by atoms with Gasteiger partial charge in [0, 0.05) is 0 Å². The van der Waals surface area contributed by atoms with Gasteiger partial charge >= 0.3 is 11.4 Å². The minimum absolute atomic E-state index is 0.290. The number of methoxy groups -OCH3 is 1. The maximum absolute atomic E-state index is 12.2. The van der Waals surface area contributed by atoms with Crippen LogP contribution in [0.25, 0.3) is 0 Å². The highest BCUT2D eigenvalue weighted by Gasteiger charge is 2.15. The Morgan fingerprint density at radius 2 is 2.14 bits per heavy atom. The number of carbonyl (C=O) groups is 1. The van der Waals surface area contributed by atoms with Crippen LogP contribution in [0.5, 0.6) is 5.75 Å². The van der Waals surface area contributed by atoms with Crippen LogP contribution >= 0.6 is 0 Å². The average molecular weight is 289 g/mol. The summed E-state index contributed by atoms with van der Waals surface area (Å²) in [6.45, 7) is -0.353. The van der Waals surface area contributed by atoms with Gasteiger partial charge in [0.05, 0.1) is 30.3 Å². The van der Waals surface area contributed by atoms with Gasteiger partial charge in [-0.25, -0.2) is 4.79 Å². The first kappa shape index (κ1) is 14.4. The van der Waals surface area contributed by atoms with Crippen LogP contribution in [0.1, 0.15) is 10.4 Å². The molecule has 8 heteroatoms. The first-order chi connectivity index (χ1) is 10.0. The van der Waals surface area contributed by atoms with Crippen LogP contribution in [0, 0.1) is 10.1 Å². The van der Waals surface area contributed by atoms with Crippen LogP contribution in [0.15, 0.2) is 41.5 Å². The molecule has 21 heavy (non-hydrogen) atoms. The highest BCUT2D eigenvalue weighted by atomic mass is 16.6. The zero-order valence-corrected chi connectivity index (χ0v) is 11.1. The predicted octanol–water partition coefficient (Wildman–Crippen LogP) is 1.04. The van der Waals surface area contributed by atoms with E-state index in [-0.39, 0.29) is 12.2 Å². The number of benzene rings is 1. The second-order valence-corrected chi connectivity index (χ2v) is 4.10. The molecule has 108 valence electrons. The topological polar surface area (TPSA) is 104 Å². The van der Waals surface area contributed by atoms with Crippen LogP contribution in [0.3, 0.4) is 0 Å². The van der Waals surface area contributed by atoms with E-state index in [2.05, 4.69) is 4.98 Å². The van der Waals surface area contributed by atoms with E-state index in [1.54, 1.807) is 24.3 Å². The molecule has 0 spiro atoms. The largest absolute Gasteiger partial charge is 0.496 e. The summed E-state index contributed by atoms with van der Waals surface area (Å²) in [6, 6.07) is 6.53. The molecule has 0 saturated carbocycles. The molecule has 0 amide bonds. The molecule has 1 heterocycles. The molecule has 0 bridgehead atoms. The van der Waals surface area contributed by atoms with Crippen molar-refractivity contribution in [3.05, 3.63) is 62.8 Å². The number of hydrogen-bond acceptors (Lipinski definition) is 6. The first-order valence-electron chi connectivity index (χ1n) is 5.90.